The fraction of sp³-hybridized carbons (Fsp3) is 0.0169. The Balaban J connectivity index is 1.13. The Hall–Kier alpha value is -8.72. The molecule has 0 N–H and O–H groups in total. The number of hydrogen-bond acceptors (Lipinski definition) is 4. The van der Waals surface area contributed by atoms with Gasteiger partial charge in [-0.3, -0.25) is 0 Å². The van der Waals surface area contributed by atoms with Crippen molar-refractivity contribution >= 4 is 21.8 Å². The van der Waals surface area contributed by atoms with Gasteiger partial charge in [-0.05, 0) is 93.0 Å². The van der Waals surface area contributed by atoms with E-state index in [1.165, 1.54) is 49.7 Å². The Labute approximate surface area is 370 Å². The van der Waals surface area contributed by atoms with Gasteiger partial charge < -0.3 is 4.57 Å². The van der Waals surface area contributed by atoms with E-state index in [1.54, 1.807) is 6.07 Å². The van der Waals surface area contributed by atoms with Crippen molar-refractivity contribution in [1.82, 2.24) is 19.5 Å². The molecule has 2 aromatic heterocycles. The number of benzene rings is 9. The lowest BCUT2D eigenvalue weighted by Gasteiger charge is -2.34. The summed E-state index contributed by atoms with van der Waals surface area (Å²) in [5.41, 5.74) is 15.5. The van der Waals surface area contributed by atoms with E-state index < -0.39 is 5.41 Å². The first-order valence-electron chi connectivity index (χ1n) is 21.5. The molecule has 0 amide bonds. The fourth-order valence-electron chi connectivity index (χ4n) is 9.90. The number of nitriles is 1. The van der Waals surface area contributed by atoms with Gasteiger partial charge in [0.1, 0.15) is 0 Å². The molecular weight excluding hydrogens is 779 g/mol. The van der Waals surface area contributed by atoms with Crippen LogP contribution in [0.25, 0.3) is 83.9 Å². The third-order valence-corrected chi connectivity index (χ3v) is 12.7. The quantitative estimate of drug-likeness (QED) is 0.161. The Morgan fingerprint density at radius 1 is 0.375 bits per heavy atom. The van der Waals surface area contributed by atoms with E-state index in [9.17, 15) is 5.26 Å². The number of fused-ring (bicyclic) bond motifs is 6. The molecule has 0 spiro atoms. The van der Waals surface area contributed by atoms with Gasteiger partial charge in [0, 0.05) is 33.2 Å². The third kappa shape index (κ3) is 5.89. The molecule has 1 aliphatic rings. The molecule has 0 aliphatic heterocycles. The highest BCUT2D eigenvalue weighted by molar-refractivity contribution is 6.13. The van der Waals surface area contributed by atoms with Gasteiger partial charge in [-0.2, -0.15) is 5.26 Å². The minimum Gasteiger partial charge on any atom is -0.309 e. The second-order valence-corrected chi connectivity index (χ2v) is 16.3. The zero-order valence-electron chi connectivity index (χ0n) is 34.6. The van der Waals surface area contributed by atoms with Crippen LogP contribution in [0.2, 0.25) is 0 Å². The summed E-state index contributed by atoms with van der Waals surface area (Å²) in [6, 6.07) is 81.4. The molecule has 5 heteroatoms. The molecule has 0 radical (unpaired) electrons. The molecule has 2 heterocycles. The molecule has 12 rings (SSSR count). The molecule has 1 aliphatic carbocycles. The van der Waals surface area contributed by atoms with Crippen LogP contribution in [0.15, 0.2) is 224 Å². The van der Waals surface area contributed by atoms with Crippen LogP contribution in [-0.4, -0.2) is 19.5 Å². The summed E-state index contributed by atoms with van der Waals surface area (Å²) < 4.78 is 2.40. The number of hydrogen-bond donors (Lipinski definition) is 0. The van der Waals surface area contributed by atoms with E-state index in [1.807, 2.05) is 48.5 Å². The van der Waals surface area contributed by atoms with E-state index in [4.69, 9.17) is 15.0 Å². The summed E-state index contributed by atoms with van der Waals surface area (Å²) in [4.78, 5) is 15.1. The van der Waals surface area contributed by atoms with Gasteiger partial charge in [0.25, 0.3) is 0 Å². The molecule has 298 valence electrons. The molecule has 64 heavy (non-hydrogen) atoms. The van der Waals surface area contributed by atoms with Gasteiger partial charge in [-0.15, -0.1) is 0 Å². The third-order valence-electron chi connectivity index (χ3n) is 12.7. The molecule has 0 saturated carbocycles. The van der Waals surface area contributed by atoms with Crippen LogP contribution in [0.5, 0.6) is 0 Å². The van der Waals surface area contributed by atoms with Gasteiger partial charge in [0.2, 0.25) is 0 Å². The van der Waals surface area contributed by atoms with Crippen LogP contribution >= 0.6 is 0 Å². The summed E-state index contributed by atoms with van der Waals surface area (Å²) >= 11 is 0. The first kappa shape index (κ1) is 37.1. The van der Waals surface area contributed by atoms with E-state index >= 15 is 0 Å². The highest BCUT2D eigenvalue weighted by Crippen LogP contribution is 2.57. The molecule has 0 bridgehead atoms. The van der Waals surface area contributed by atoms with Gasteiger partial charge in [0.05, 0.1) is 28.1 Å². The number of aromatic nitrogens is 4. The van der Waals surface area contributed by atoms with Crippen molar-refractivity contribution in [3.63, 3.8) is 0 Å². The van der Waals surface area contributed by atoms with Crippen molar-refractivity contribution in [2.24, 2.45) is 0 Å². The number of nitrogens with zero attached hydrogens (tertiary/aromatic N) is 5. The van der Waals surface area contributed by atoms with Crippen molar-refractivity contribution in [3.05, 3.63) is 252 Å². The molecule has 5 nitrogen and oxygen atoms in total. The summed E-state index contributed by atoms with van der Waals surface area (Å²) in [7, 11) is 0. The maximum atomic E-state index is 9.74. The van der Waals surface area contributed by atoms with Crippen LogP contribution in [0.4, 0.5) is 0 Å². The predicted octanol–water partition coefficient (Wildman–Crippen LogP) is 13.9. The van der Waals surface area contributed by atoms with Crippen molar-refractivity contribution in [1.29, 1.82) is 5.26 Å². The summed E-state index contributed by atoms with van der Waals surface area (Å²) in [6.45, 7) is 0. The predicted molar refractivity (Wildman–Crippen MR) is 258 cm³/mol. The minimum atomic E-state index is -0.534. The van der Waals surface area contributed by atoms with Crippen LogP contribution in [0.3, 0.4) is 0 Å². The largest absolute Gasteiger partial charge is 0.309 e. The Bertz CT molecular complexity index is 3570. The van der Waals surface area contributed by atoms with E-state index in [2.05, 4.69) is 180 Å². The van der Waals surface area contributed by atoms with Crippen LogP contribution in [0.1, 0.15) is 27.8 Å². The maximum absolute atomic E-state index is 9.74. The molecule has 0 saturated heterocycles. The average Bonchev–Trinajstić information content (AvgIpc) is 3.86. The zero-order chi connectivity index (χ0) is 42.6. The lowest BCUT2D eigenvalue weighted by molar-refractivity contribution is 0.769. The standard InChI is InChI=1S/C59H37N5/c60-38-39-17-15-22-43(33-39)57-61-56(41-20-7-2-8-21-41)62-58(63-57)44-23-16-28-47(34-44)64-54-32-31-42(40-18-5-1-6-19-40)35-50(54)51-36-53-49(37-55(51)64)48-29-13-14-30-52(48)59(53,45-24-9-3-10-25-45)46-26-11-4-12-27-46/h1-37H. The van der Waals surface area contributed by atoms with Crippen molar-refractivity contribution in [2.75, 3.05) is 0 Å². The Morgan fingerprint density at radius 2 is 0.922 bits per heavy atom. The highest BCUT2D eigenvalue weighted by atomic mass is 15.0. The molecule has 0 unspecified atom stereocenters. The molecule has 0 fully saturated rings. The minimum absolute atomic E-state index is 0.506. The average molecular weight is 816 g/mol. The second kappa shape index (κ2) is 15.0. The Morgan fingerprint density at radius 3 is 1.59 bits per heavy atom. The summed E-state index contributed by atoms with van der Waals surface area (Å²) in [5, 5.41) is 12.1. The lowest BCUT2D eigenvalue weighted by Crippen LogP contribution is -2.28. The lowest BCUT2D eigenvalue weighted by atomic mass is 9.67. The Kier molecular flexibility index (Phi) is 8.70. The maximum Gasteiger partial charge on any atom is 0.164 e. The summed E-state index contributed by atoms with van der Waals surface area (Å²) in [6.07, 6.45) is 0. The zero-order valence-corrected chi connectivity index (χ0v) is 34.6. The highest BCUT2D eigenvalue weighted by Gasteiger charge is 2.46. The van der Waals surface area contributed by atoms with Crippen molar-refractivity contribution in [3.8, 4) is 68.2 Å². The first-order chi connectivity index (χ1) is 31.7. The monoisotopic (exact) mass is 815 g/mol. The van der Waals surface area contributed by atoms with Crippen molar-refractivity contribution < 1.29 is 0 Å². The smallest absolute Gasteiger partial charge is 0.164 e. The molecular formula is C59H37N5. The normalized spacial score (nSPS) is 12.5. The van der Waals surface area contributed by atoms with E-state index in [0.29, 0.717) is 23.0 Å². The molecule has 0 atom stereocenters. The fourth-order valence-corrected chi connectivity index (χ4v) is 9.90. The number of rotatable bonds is 7. The van der Waals surface area contributed by atoms with Crippen molar-refractivity contribution in [2.45, 2.75) is 5.41 Å². The SMILES string of the molecule is N#Cc1cccc(-c2nc(-c3ccccc3)nc(-c3cccc(-n4c5ccc(-c6ccccc6)cc5c5cc6c(cc54)-c4ccccc4C6(c4ccccc4)c4ccccc4)c3)n2)c1. The van der Waals surface area contributed by atoms with Crippen LogP contribution in [0, 0.1) is 11.3 Å². The topological polar surface area (TPSA) is 67.4 Å². The van der Waals surface area contributed by atoms with Gasteiger partial charge in [-0.1, -0.05) is 176 Å². The summed E-state index contributed by atoms with van der Waals surface area (Å²) in [5.74, 6) is 1.62. The van der Waals surface area contributed by atoms with E-state index in [0.717, 1.165) is 39.0 Å². The van der Waals surface area contributed by atoms with Gasteiger partial charge in [0.15, 0.2) is 17.5 Å². The first-order valence-corrected chi connectivity index (χ1v) is 21.5. The van der Waals surface area contributed by atoms with Crippen LogP contribution < -0.4 is 0 Å². The second-order valence-electron chi connectivity index (χ2n) is 16.3. The van der Waals surface area contributed by atoms with Gasteiger partial charge >= 0.3 is 0 Å². The molecule has 11 aromatic rings. The van der Waals surface area contributed by atoms with Gasteiger partial charge in [-0.25, -0.2) is 15.0 Å². The van der Waals surface area contributed by atoms with E-state index in [-0.39, 0.29) is 0 Å². The van der Waals surface area contributed by atoms with Crippen LogP contribution in [-0.2, 0) is 5.41 Å². The molecule has 9 aromatic carbocycles.